The summed E-state index contributed by atoms with van der Waals surface area (Å²) in [5.74, 6) is 2.06. The molecular formula is C24H23N5O3S. The summed E-state index contributed by atoms with van der Waals surface area (Å²) in [6.45, 7) is 2.06. The molecule has 0 saturated heterocycles. The van der Waals surface area contributed by atoms with Crippen LogP contribution in [0.5, 0.6) is 16.7 Å². The fraction of sp³-hybridized carbons (Fsp3) is 0.208. The molecule has 2 aromatic heterocycles. The lowest BCUT2D eigenvalue weighted by atomic mass is 10.1. The number of aromatic amines is 1. The van der Waals surface area contributed by atoms with Gasteiger partial charge in [0.1, 0.15) is 17.3 Å². The summed E-state index contributed by atoms with van der Waals surface area (Å²) in [6.07, 6.45) is 2.54. The molecule has 1 aliphatic heterocycles. The number of aromatic nitrogens is 3. The van der Waals surface area contributed by atoms with E-state index in [0.717, 1.165) is 40.4 Å². The Morgan fingerprint density at radius 1 is 1.12 bits per heavy atom. The molecule has 9 heteroatoms. The first-order valence-corrected chi connectivity index (χ1v) is 11.4. The van der Waals surface area contributed by atoms with Crippen molar-refractivity contribution in [2.24, 2.45) is 0 Å². The first-order chi connectivity index (χ1) is 16.1. The molecule has 0 unspecified atom stereocenters. The van der Waals surface area contributed by atoms with Gasteiger partial charge in [0.05, 0.1) is 18.4 Å². The van der Waals surface area contributed by atoms with Crippen molar-refractivity contribution in [3.05, 3.63) is 81.2 Å². The highest BCUT2D eigenvalue weighted by Crippen LogP contribution is 2.29. The maximum Gasteiger partial charge on any atom is 0.278 e. The first-order valence-electron chi connectivity index (χ1n) is 10.5. The van der Waals surface area contributed by atoms with E-state index in [0.29, 0.717) is 35.5 Å². The van der Waals surface area contributed by atoms with Gasteiger partial charge in [-0.1, -0.05) is 11.3 Å². The van der Waals surface area contributed by atoms with E-state index < -0.39 is 0 Å². The molecular weight excluding hydrogens is 438 g/mol. The molecule has 3 N–H and O–H groups in total. The Balaban J connectivity index is 1.26. The minimum absolute atomic E-state index is 0.0932. The maximum absolute atomic E-state index is 12.8. The quantitative estimate of drug-likeness (QED) is 0.420. The van der Waals surface area contributed by atoms with Crippen molar-refractivity contribution < 1.29 is 9.47 Å². The molecule has 0 spiro atoms. The third kappa shape index (κ3) is 4.74. The second-order valence-corrected chi connectivity index (χ2v) is 8.87. The van der Waals surface area contributed by atoms with E-state index in [4.69, 9.17) is 20.2 Å². The van der Waals surface area contributed by atoms with Crippen LogP contribution in [0.15, 0.2) is 59.5 Å². The van der Waals surface area contributed by atoms with Crippen molar-refractivity contribution in [2.45, 2.75) is 19.5 Å². The van der Waals surface area contributed by atoms with Crippen LogP contribution in [0.4, 0.5) is 5.69 Å². The molecule has 1 aliphatic rings. The van der Waals surface area contributed by atoms with E-state index in [9.17, 15) is 4.79 Å². The Bertz CT molecular complexity index is 1320. The summed E-state index contributed by atoms with van der Waals surface area (Å²) in [5.41, 5.74) is 8.77. The lowest BCUT2D eigenvalue weighted by Gasteiger charge is -2.27. The predicted octanol–water partition coefficient (Wildman–Crippen LogP) is 3.83. The topological polar surface area (TPSA) is 106 Å². The number of nitrogens with one attached hydrogen (secondary N) is 1. The molecule has 8 nitrogen and oxygen atoms in total. The van der Waals surface area contributed by atoms with Crippen LogP contribution in [0.3, 0.4) is 0 Å². The summed E-state index contributed by atoms with van der Waals surface area (Å²) < 4.78 is 11.0. The highest BCUT2D eigenvalue weighted by atomic mass is 32.1. The largest absolute Gasteiger partial charge is 0.497 e. The van der Waals surface area contributed by atoms with Crippen molar-refractivity contribution in [1.29, 1.82) is 0 Å². The highest BCUT2D eigenvalue weighted by Gasteiger charge is 2.22. The Labute approximate surface area is 194 Å². The summed E-state index contributed by atoms with van der Waals surface area (Å²) in [4.78, 5) is 28.1. The lowest BCUT2D eigenvalue weighted by molar-refractivity contribution is 0.244. The molecule has 5 rings (SSSR count). The van der Waals surface area contributed by atoms with Gasteiger partial charge in [-0.3, -0.25) is 9.69 Å². The number of nitrogens with two attached hydrogens (primary N) is 1. The Kier molecular flexibility index (Phi) is 5.80. The predicted molar refractivity (Wildman–Crippen MR) is 128 cm³/mol. The van der Waals surface area contributed by atoms with E-state index in [1.54, 1.807) is 19.2 Å². The number of nitrogens with zero attached hydrogens (tertiary/aromatic N) is 3. The highest BCUT2D eigenvalue weighted by molar-refractivity contribution is 7.13. The van der Waals surface area contributed by atoms with Gasteiger partial charge >= 0.3 is 0 Å². The zero-order chi connectivity index (χ0) is 22.8. The van der Waals surface area contributed by atoms with Crippen LogP contribution in [0.25, 0.3) is 11.4 Å². The van der Waals surface area contributed by atoms with Gasteiger partial charge in [0, 0.05) is 48.4 Å². The summed E-state index contributed by atoms with van der Waals surface area (Å²) in [5, 5.41) is 0.584. The van der Waals surface area contributed by atoms with Crippen LogP contribution in [0.1, 0.15) is 16.1 Å². The Morgan fingerprint density at radius 3 is 2.64 bits per heavy atom. The Hall–Kier alpha value is -3.69. The van der Waals surface area contributed by atoms with E-state index in [2.05, 4.69) is 14.9 Å². The third-order valence-electron chi connectivity index (χ3n) is 5.51. The number of benzene rings is 2. The fourth-order valence-electron chi connectivity index (χ4n) is 3.77. The second kappa shape index (κ2) is 9.05. The summed E-state index contributed by atoms with van der Waals surface area (Å²) in [7, 11) is 1.63. The van der Waals surface area contributed by atoms with Gasteiger partial charge in [-0.25, -0.2) is 9.97 Å². The molecule has 33 heavy (non-hydrogen) atoms. The van der Waals surface area contributed by atoms with Crippen molar-refractivity contribution >= 4 is 17.0 Å². The normalized spacial score (nSPS) is 13.5. The van der Waals surface area contributed by atoms with Crippen LogP contribution in [0, 0.1) is 0 Å². The smallest absolute Gasteiger partial charge is 0.278 e. The zero-order valence-corrected chi connectivity index (χ0v) is 18.9. The first kappa shape index (κ1) is 21.2. The van der Waals surface area contributed by atoms with Crippen LogP contribution < -0.4 is 20.8 Å². The minimum Gasteiger partial charge on any atom is -0.497 e. The number of hydrogen-bond acceptors (Lipinski definition) is 8. The summed E-state index contributed by atoms with van der Waals surface area (Å²) >= 11 is 1.50. The molecule has 0 saturated carbocycles. The van der Waals surface area contributed by atoms with E-state index >= 15 is 0 Å². The second-order valence-electron chi connectivity index (χ2n) is 7.79. The molecule has 168 valence electrons. The van der Waals surface area contributed by atoms with E-state index in [-0.39, 0.29) is 5.56 Å². The van der Waals surface area contributed by atoms with Gasteiger partial charge in [0.2, 0.25) is 0 Å². The number of thiazole rings is 1. The average Bonchev–Trinajstić information content (AvgIpc) is 3.27. The standard InChI is InChI=1S/C24H23N5O3S/c1-31-17-6-8-18(9-7-17)32-24-26-12-19(33-24)13-29-11-10-21-20(14-29)23(30)28-22(27-21)15-2-4-16(25)5-3-15/h2-9,12H,10-11,13-14,25H2,1H3,(H,27,28,30). The van der Waals surface area contributed by atoms with Gasteiger partial charge in [0.15, 0.2) is 0 Å². The lowest BCUT2D eigenvalue weighted by Crippen LogP contribution is -2.35. The SMILES string of the molecule is COc1ccc(Oc2ncc(CN3CCc4nc(-c5ccc(N)cc5)[nH]c(=O)c4C3)s2)cc1. The van der Waals surface area contributed by atoms with Crippen LogP contribution in [-0.4, -0.2) is 33.5 Å². The van der Waals surface area contributed by atoms with Crippen LogP contribution in [0.2, 0.25) is 0 Å². The van der Waals surface area contributed by atoms with E-state index in [1.165, 1.54) is 11.3 Å². The number of fused-ring (bicyclic) bond motifs is 1. The van der Waals surface area contributed by atoms with Gasteiger partial charge < -0.3 is 20.2 Å². The molecule has 0 amide bonds. The molecule has 0 radical (unpaired) electrons. The average molecular weight is 462 g/mol. The number of hydrogen-bond donors (Lipinski definition) is 2. The van der Waals surface area contributed by atoms with Gasteiger partial charge in [-0.2, -0.15) is 0 Å². The fourth-order valence-corrected chi connectivity index (χ4v) is 4.59. The van der Waals surface area contributed by atoms with Gasteiger partial charge in [-0.05, 0) is 48.5 Å². The van der Waals surface area contributed by atoms with Crippen molar-refractivity contribution in [1.82, 2.24) is 19.9 Å². The molecule has 0 fully saturated rings. The molecule has 0 aliphatic carbocycles. The molecule has 2 aromatic carbocycles. The molecule has 0 atom stereocenters. The van der Waals surface area contributed by atoms with Crippen LogP contribution >= 0.6 is 11.3 Å². The third-order valence-corrected chi connectivity index (χ3v) is 6.37. The number of rotatable bonds is 6. The van der Waals surface area contributed by atoms with E-state index in [1.807, 2.05) is 42.6 Å². The maximum atomic E-state index is 12.8. The van der Waals surface area contributed by atoms with Crippen molar-refractivity contribution in [2.75, 3.05) is 19.4 Å². The molecule has 3 heterocycles. The molecule has 4 aromatic rings. The summed E-state index contributed by atoms with van der Waals surface area (Å²) in [6, 6.07) is 14.7. The zero-order valence-electron chi connectivity index (χ0n) is 18.1. The number of ether oxygens (including phenoxy) is 2. The van der Waals surface area contributed by atoms with Crippen LogP contribution in [-0.2, 0) is 19.5 Å². The number of H-pyrrole nitrogens is 1. The van der Waals surface area contributed by atoms with Crippen molar-refractivity contribution in [3.8, 4) is 28.1 Å². The number of anilines is 1. The number of methoxy groups -OCH3 is 1. The monoisotopic (exact) mass is 461 g/mol. The van der Waals surface area contributed by atoms with Gasteiger partial charge in [-0.15, -0.1) is 0 Å². The minimum atomic E-state index is -0.0932. The number of nitrogen functional groups attached to an aromatic ring is 1. The van der Waals surface area contributed by atoms with Gasteiger partial charge in [0.25, 0.3) is 10.8 Å². The Morgan fingerprint density at radius 2 is 1.88 bits per heavy atom. The van der Waals surface area contributed by atoms with Crippen molar-refractivity contribution in [3.63, 3.8) is 0 Å². The molecule has 0 bridgehead atoms.